The van der Waals surface area contributed by atoms with Crippen molar-refractivity contribution < 1.29 is 4.79 Å². The highest BCUT2D eigenvalue weighted by molar-refractivity contribution is 5.76. The molecule has 15 heavy (non-hydrogen) atoms. The van der Waals surface area contributed by atoms with E-state index >= 15 is 0 Å². The maximum Gasteiger partial charge on any atom is 0.168 e. The summed E-state index contributed by atoms with van der Waals surface area (Å²) in [6.45, 7) is 4.16. The van der Waals surface area contributed by atoms with Gasteiger partial charge in [-0.3, -0.25) is 14.2 Å². The van der Waals surface area contributed by atoms with Crippen molar-refractivity contribution >= 4 is 11.9 Å². The van der Waals surface area contributed by atoms with E-state index in [2.05, 4.69) is 23.8 Å². The van der Waals surface area contributed by atoms with Crippen molar-refractivity contribution in [3.8, 4) is 0 Å². The van der Waals surface area contributed by atoms with Gasteiger partial charge in [0.1, 0.15) is 5.69 Å². The van der Waals surface area contributed by atoms with Gasteiger partial charge < -0.3 is 0 Å². The zero-order chi connectivity index (χ0) is 10.8. The Morgan fingerprint density at radius 1 is 1.60 bits per heavy atom. The van der Waals surface area contributed by atoms with Crippen LogP contribution < -0.4 is 0 Å². The summed E-state index contributed by atoms with van der Waals surface area (Å²) in [6, 6.07) is 0. The first-order valence-electron chi connectivity index (χ1n) is 5.05. The number of aldehydes is 1. The molecule has 0 spiro atoms. The molecule has 0 aliphatic carbocycles. The van der Waals surface area contributed by atoms with Crippen molar-refractivity contribution in [1.82, 2.24) is 14.4 Å². The van der Waals surface area contributed by atoms with Crippen LogP contribution in [0.25, 0.3) is 5.65 Å². The van der Waals surface area contributed by atoms with Crippen LogP contribution in [0.1, 0.15) is 42.4 Å². The molecule has 0 bridgehead atoms. The molecule has 78 valence electrons. The first-order valence-corrected chi connectivity index (χ1v) is 5.05. The van der Waals surface area contributed by atoms with Crippen molar-refractivity contribution in [3.63, 3.8) is 0 Å². The number of fused-ring (bicyclic) bond motifs is 1. The molecule has 0 aliphatic heterocycles. The van der Waals surface area contributed by atoms with Gasteiger partial charge in [0, 0.05) is 18.3 Å². The number of nitrogens with zero attached hydrogens (tertiary/aromatic N) is 3. The lowest BCUT2D eigenvalue weighted by Crippen LogP contribution is -1.98. The molecule has 0 saturated heterocycles. The molecule has 0 N–H and O–H groups in total. The molecule has 0 fully saturated rings. The average Bonchev–Trinajstić information content (AvgIpc) is 2.66. The van der Waals surface area contributed by atoms with Crippen molar-refractivity contribution in [3.05, 3.63) is 30.0 Å². The Bertz CT molecular complexity index is 490. The molecule has 2 heterocycles. The zero-order valence-electron chi connectivity index (χ0n) is 8.84. The van der Waals surface area contributed by atoms with E-state index in [4.69, 9.17) is 0 Å². The highest BCUT2D eigenvalue weighted by Gasteiger charge is 2.15. The predicted octanol–water partition coefficient (Wildman–Crippen LogP) is 2.06. The van der Waals surface area contributed by atoms with Gasteiger partial charge in [-0.1, -0.05) is 13.8 Å². The van der Waals surface area contributed by atoms with Crippen molar-refractivity contribution in [2.24, 2.45) is 0 Å². The fourth-order valence-electron chi connectivity index (χ4n) is 1.62. The number of hydrogen-bond acceptors (Lipinski definition) is 3. The van der Waals surface area contributed by atoms with Crippen LogP contribution in [0, 0.1) is 0 Å². The summed E-state index contributed by atoms with van der Waals surface area (Å²) in [6.07, 6.45) is 6.92. The first-order chi connectivity index (χ1) is 7.27. The largest absolute Gasteiger partial charge is 0.296 e. The zero-order valence-corrected chi connectivity index (χ0v) is 8.84. The maximum absolute atomic E-state index is 11.0. The molecule has 0 amide bonds. The fourth-order valence-corrected chi connectivity index (χ4v) is 1.62. The van der Waals surface area contributed by atoms with Gasteiger partial charge in [0.05, 0.1) is 11.9 Å². The Kier molecular flexibility index (Phi) is 2.49. The second-order valence-corrected chi connectivity index (χ2v) is 3.61. The summed E-state index contributed by atoms with van der Waals surface area (Å²) in [4.78, 5) is 19.5. The summed E-state index contributed by atoms with van der Waals surface area (Å²) in [5, 5.41) is 0. The van der Waals surface area contributed by atoms with Crippen molar-refractivity contribution in [2.75, 3.05) is 0 Å². The molecule has 2 aromatic heterocycles. The minimum absolute atomic E-state index is 0.296. The molecule has 0 radical (unpaired) electrons. The summed E-state index contributed by atoms with van der Waals surface area (Å²) in [5.41, 5.74) is 2.23. The Labute approximate surface area is 88.0 Å². The average molecular weight is 203 g/mol. The van der Waals surface area contributed by atoms with Crippen LogP contribution in [0.5, 0.6) is 0 Å². The minimum Gasteiger partial charge on any atom is -0.296 e. The Morgan fingerprint density at radius 3 is 3.07 bits per heavy atom. The van der Waals surface area contributed by atoms with Crippen LogP contribution in [0.3, 0.4) is 0 Å². The molecule has 4 nitrogen and oxygen atoms in total. The molecule has 0 saturated carbocycles. The van der Waals surface area contributed by atoms with Gasteiger partial charge >= 0.3 is 0 Å². The smallest absolute Gasteiger partial charge is 0.168 e. The second kappa shape index (κ2) is 3.81. The number of hydrogen-bond donors (Lipinski definition) is 0. The lowest BCUT2D eigenvalue weighted by Gasteiger charge is -2.04. The van der Waals surface area contributed by atoms with E-state index in [-0.39, 0.29) is 0 Å². The molecular formula is C11H13N3O. The van der Waals surface area contributed by atoms with Crippen LogP contribution in [-0.4, -0.2) is 20.7 Å². The minimum atomic E-state index is 0.296. The van der Waals surface area contributed by atoms with Crippen LogP contribution in [0.2, 0.25) is 0 Å². The number of imidazole rings is 1. The van der Waals surface area contributed by atoms with Gasteiger partial charge in [0.2, 0.25) is 0 Å². The van der Waals surface area contributed by atoms with Crippen LogP contribution >= 0.6 is 0 Å². The van der Waals surface area contributed by atoms with E-state index in [9.17, 15) is 4.79 Å². The van der Waals surface area contributed by atoms with Gasteiger partial charge in [-0.15, -0.1) is 0 Å². The lowest BCUT2D eigenvalue weighted by molar-refractivity contribution is 0.111. The Hall–Kier alpha value is -1.71. The van der Waals surface area contributed by atoms with Gasteiger partial charge in [-0.05, 0) is 6.42 Å². The summed E-state index contributed by atoms with van der Waals surface area (Å²) in [7, 11) is 0. The molecule has 1 unspecified atom stereocenters. The first kappa shape index (κ1) is 9.83. The predicted molar refractivity (Wildman–Crippen MR) is 57.1 cm³/mol. The van der Waals surface area contributed by atoms with Crippen molar-refractivity contribution in [1.29, 1.82) is 0 Å². The van der Waals surface area contributed by atoms with Gasteiger partial charge in [-0.2, -0.15) is 0 Å². The maximum atomic E-state index is 11.0. The monoisotopic (exact) mass is 203 g/mol. The van der Waals surface area contributed by atoms with Crippen LogP contribution in [-0.2, 0) is 0 Å². The number of carbonyl (C=O) groups excluding carboxylic acids is 1. The SMILES string of the molecule is CCC(C)c1nc2cnccn2c1C=O. The van der Waals surface area contributed by atoms with Crippen molar-refractivity contribution in [2.45, 2.75) is 26.2 Å². The van der Waals surface area contributed by atoms with Crippen LogP contribution in [0.15, 0.2) is 18.6 Å². The molecule has 4 heteroatoms. The molecule has 1 atom stereocenters. The van der Waals surface area contributed by atoms with E-state index in [1.165, 1.54) is 0 Å². The van der Waals surface area contributed by atoms with E-state index < -0.39 is 0 Å². The third-order valence-corrected chi connectivity index (χ3v) is 2.69. The quantitative estimate of drug-likeness (QED) is 0.717. The van der Waals surface area contributed by atoms with E-state index in [1.54, 1.807) is 23.0 Å². The van der Waals surface area contributed by atoms with Gasteiger partial charge in [-0.25, -0.2) is 4.98 Å². The standard InChI is InChI=1S/C11H13N3O/c1-3-8(2)11-9(7-15)14-5-4-12-6-10(14)13-11/h4-8H,3H2,1-2H3. The highest BCUT2D eigenvalue weighted by atomic mass is 16.1. The molecule has 2 aromatic rings. The van der Waals surface area contributed by atoms with Gasteiger partial charge in [0.25, 0.3) is 0 Å². The number of aromatic nitrogens is 3. The molecular weight excluding hydrogens is 190 g/mol. The normalized spacial score (nSPS) is 12.9. The van der Waals surface area contributed by atoms with Gasteiger partial charge in [0.15, 0.2) is 11.9 Å². The topological polar surface area (TPSA) is 47.3 Å². The second-order valence-electron chi connectivity index (χ2n) is 3.61. The van der Waals surface area contributed by atoms with E-state index in [0.717, 1.165) is 24.0 Å². The van der Waals surface area contributed by atoms with E-state index in [1.807, 2.05) is 0 Å². The molecule has 0 aliphatic rings. The van der Waals surface area contributed by atoms with E-state index in [0.29, 0.717) is 11.6 Å². The molecule has 0 aromatic carbocycles. The summed E-state index contributed by atoms with van der Waals surface area (Å²) in [5.74, 6) is 0.296. The summed E-state index contributed by atoms with van der Waals surface area (Å²) >= 11 is 0. The molecule has 2 rings (SSSR count). The Balaban J connectivity index is 2.69. The Morgan fingerprint density at radius 2 is 2.40 bits per heavy atom. The third-order valence-electron chi connectivity index (χ3n) is 2.69. The summed E-state index contributed by atoms with van der Waals surface area (Å²) < 4.78 is 1.78. The third kappa shape index (κ3) is 1.52. The fraction of sp³-hybridized carbons (Fsp3) is 0.364. The number of carbonyl (C=O) groups is 1. The number of rotatable bonds is 3. The highest BCUT2D eigenvalue weighted by Crippen LogP contribution is 2.21. The van der Waals surface area contributed by atoms with Crippen LogP contribution in [0.4, 0.5) is 0 Å². The lowest BCUT2D eigenvalue weighted by atomic mass is 10.0.